The van der Waals surface area contributed by atoms with Crippen molar-refractivity contribution in [3.63, 3.8) is 0 Å². The number of nitrogens with two attached hydrogens (primary N) is 1. The fraction of sp³-hybridized carbons (Fsp3) is 1.00. The molecule has 1 aliphatic rings. The van der Waals surface area contributed by atoms with Crippen LogP contribution in [0.3, 0.4) is 0 Å². The molecule has 0 aromatic rings. The minimum absolute atomic E-state index is 0.428. The predicted octanol–water partition coefficient (Wildman–Crippen LogP) is 1.56. The molecule has 0 amide bonds. The Labute approximate surface area is 86.9 Å². The molecule has 84 valence electrons. The SMILES string of the molecule is COCCCOCCCC(N)C1CC1. The van der Waals surface area contributed by atoms with Crippen LogP contribution < -0.4 is 5.73 Å². The third-order valence-electron chi connectivity index (χ3n) is 2.69. The van der Waals surface area contributed by atoms with Crippen LogP contribution in [0, 0.1) is 5.92 Å². The van der Waals surface area contributed by atoms with Crippen molar-refractivity contribution in [2.24, 2.45) is 11.7 Å². The summed E-state index contributed by atoms with van der Waals surface area (Å²) in [6, 6.07) is 0.428. The summed E-state index contributed by atoms with van der Waals surface area (Å²) in [5.74, 6) is 0.823. The van der Waals surface area contributed by atoms with E-state index in [9.17, 15) is 0 Å². The maximum atomic E-state index is 5.97. The molecule has 0 aliphatic heterocycles. The minimum Gasteiger partial charge on any atom is -0.385 e. The maximum absolute atomic E-state index is 5.97. The lowest BCUT2D eigenvalue weighted by molar-refractivity contribution is 0.0993. The summed E-state index contributed by atoms with van der Waals surface area (Å²) in [6.45, 7) is 2.46. The molecule has 0 aromatic carbocycles. The fourth-order valence-electron chi connectivity index (χ4n) is 1.59. The second-order valence-corrected chi connectivity index (χ2v) is 4.10. The van der Waals surface area contributed by atoms with E-state index in [0.29, 0.717) is 6.04 Å². The molecule has 1 saturated carbocycles. The fourth-order valence-corrected chi connectivity index (χ4v) is 1.59. The van der Waals surface area contributed by atoms with E-state index in [-0.39, 0.29) is 0 Å². The van der Waals surface area contributed by atoms with Crippen molar-refractivity contribution in [3.05, 3.63) is 0 Å². The van der Waals surface area contributed by atoms with Gasteiger partial charge in [-0.05, 0) is 38.0 Å². The molecule has 14 heavy (non-hydrogen) atoms. The Bertz CT molecular complexity index is 137. The van der Waals surface area contributed by atoms with Gasteiger partial charge in [0, 0.05) is 33.0 Å². The van der Waals surface area contributed by atoms with Gasteiger partial charge in [-0.1, -0.05) is 0 Å². The van der Waals surface area contributed by atoms with Gasteiger partial charge in [0.1, 0.15) is 0 Å². The Morgan fingerprint density at radius 1 is 1.21 bits per heavy atom. The van der Waals surface area contributed by atoms with Crippen molar-refractivity contribution < 1.29 is 9.47 Å². The molecule has 0 heterocycles. The van der Waals surface area contributed by atoms with Gasteiger partial charge >= 0.3 is 0 Å². The highest BCUT2D eigenvalue weighted by Gasteiger charge is 2.27. The highest BCUT2D eigenvalue weighted by Crippen LogP contribution is 2.33. The molecule has 0 spiro atoms. The molecule has 0 saturated heterocycles. The molecule has 1 unspecified atom stereocenters. The Balaban J connectivity index is 1.75. The Morgan fingerprint density at radius 3 is 2.57 bits per heavy atom. The van der Waals surface area contributed by atoms with Crippen LogP contribution in [0.1, 0.15) is 32.1 Å². The molecule has 0 radical (unpaired) electrons. The quantitative estimate of drug-likeness (QED) is 0.576. The third kappa shape index (κ3) is 5.58. The van der Waals surface area contributed by atoms with Gasteiger partial charge < -0.3 is 15.2 Å². The van der Waals surface area contributed by atoms with Crippen molar-refractivity contribution in [2.45, 2.75) is 38.1 Å². The molecule has 0 aromatic heterocycles. The van der Waals surface area contributed by atoms with E-state index < -0.39 is 0 Å². The molecule has 2 N–H and O–H groups in total. The van der Waals surface area contributed by atoms with Gasteiger partial charge in [-0.3, -0.25) is 0 Å². The zero-order chi connectivity index (χ0) is 10.2. The second kappa shape index (κ2) is 7.21. The van der Waals surface area contributed by atoms with Crippen LogP contribution in [-0.2, 0) is 9.47 Å². The highest BCUT2D eigenvalue weighted by molar-refractivity contribution is 4.83. The third-order valence-corrected chi connectivity index (χ3v) is 2.69. The summed E-state index contributed by atoms with van der Waals surface area (Å²) < 4.78 is 10.4. The van der Waals surface area contributed by atoms with Crippen molar-refractivity contribution in [1.82, 2.24) is 0 Å². The van der Waals surface area contributed by atoms with Gasteiger partial charge in [-0.15, -0.1) is 0 Å². The van der Waals surface area contributed by atoms with Crippen molar-refractivity contribution >= 4 is 0 Å². The second-order valence-electron chi connectivity index (χ2n) is 4.10. The van der Waals surface area contributed by atoms with Gasteiger partial charge in [0.05, 0.1) is 0 Å². The van der Waals surface area contributed by atoms with Crippen LogP contribution in [-0.4, -0.2) is 33.0 Å². The lowest BCUT2D eigenvalue weighted by Crippen LogP contribution is -2.22. The van der Waals surface area contributed by atoms with E-state index in [0.717, 1.165) is 45.0 Å². The number of rotatable bonds is 9. The first-order valence-electron chi connectivity index (χ1n) is 5.67. The highest BCUT2D eigenvalue weighted by atomic mass is 16.5. The molecule has 1 aliphatic carbocycles. The average Bonchev–Trinajstić information content (AvgIpc) is 2.99. The largest absolute Gasteiger partial charge is 0.385 e. The van der Waals surface area contributed by atoms with Gasteiger partial charge in [0.2, 0.25) is 0 Å². The van der Waals surface area contributed by atoms with Crippen LogP contribution >= 0.6 is 0 Å². The van der Waals surface area contributed by atoms with Gasteiger partial charge in [0.25, 0.3) is 0 Å². The summed E-state index contributed by atoms with van der Waals surface area (Å²) in [7, 11) is 1.72. The summed E-state index contributed by atoms with van der Waals surface area (Å²) in [5.41, 5.74) is 5.97. The lowest BCUT2D eigenvalue weighted by atomic mass is 10.1. The molecule has 1 rings (SSSR count). The Kier molecular flexibility index (Phi) is 6.15. The molecule has 3 nitrogen and oxygen atoms in total. The van der Waals surface area contributed by atoms with E-state index in [1.165, 1.54) is 12.8 Å². The normalized spacial score (nSPS) is 18.4. The van der Waals surface area contributed by atoms with E-state index >= 15 is 0 Å². The van der Waals surface area contributed by atoms with Gasteiger partial charge in [-0.2, -0.15) is 0 Å². The average molecular weight is 201 g/mol. The summed E-state index contributed by atoms with van der Waals surface area (Å²) in [4.78, 5) is 0. The summed E-state index contributed by atoms with van der Waals surface area (Å²) in [5, 5.41) is 0. The lowest BCUT2D eigenvalue weighted by Gasteiger charge is -2.09. The molecule has 1 fully saturated rings. The first-order valence-corrected chi connectivity index (χ1v) is 5.67. The van der Waals surface area contributed by atoms with E-state index in [1.54, 1.807) is 7.11 Å². The van der Waals surface area contributed by atoms with Gasteiger partial charge in [-0.25, -0.2) is 0 Å². The Hall–Kier alpha value is -0.120. The number of hydrogen-bond acceptors (Lipinski definition) is 3. The van der Waals surface area contributed by atoms with Crippen molar-refractivity contribution in [3.8, 4) is 0 Å². The molecule has 0 bridgehead atoms. The predicted molar refractivity (Wildman–Crippen MR) is 57.2 cm³/mol. The maximum Gasteiger partial charge on any atom is 0.0487 e. The molecule has 1 atom stereocenters. The van der Waals surface area contributed by atoms with Crippen LogP contribution in [0.5, 0.6) is 0 Å². The van der Waals surface area contributed by atoms with Crippen LogP contribution in [0.4, 0.5) is 0 Å². The van der Waals surface area contributed by atoms with Gasteiger partial charge in [0.15, 0.2) is 0 Å². The first kappa shape index (κ1) is 12.0. The monoisotopic (exact) mass is 201 g/mol. The van der Waals surface area contributed by atoms with Crippen LogP contribution in [0.2, 0.25) is 0 Å². The van der Waals surface area contributed by atoms with E-state index in [1.807, 2.05) is 0 Å². The topological polar surface area (TPSA) is 44.5 Å². The van der Waals surface area contributed by atoms with Crippen molar-refractivity contribution in [2.75, 3.05) is 26.9 Å². The zero-order valence-corrected chi connectivity index (χ0v) is 9.21. The first-order chi connectivity index (χ1) is 6.84. The van der Waals surface area contributed by atoms with E-state index in [4.69, 9.17) is 15.2 Å². The molecular weight excluding hydrogens is 178 g/mol. The number of hydrogen-bond donors (Lipinski definition) is 1. The van der Waals surface area contributed by atoms with Crippen molar-refractivity contribution in [1.29, 1.82) is 0 Å². The summed E-state index contributed by atoms with van der Waals surface area (Å²) >= 11 is 0. The minimum atomic E-state index is 0.428. The number of methoxy groups -OCH3 is 1. The Morgan fingerprint density at radius 2 is 1.93 bits per heavy atom. The number of ether oxygens (including phenoxy) is 2. The smallest absolute Gasteiger partial charge is 0.0487 e. The summed E-state index contributed by atoms with van der Waals surface area (Å²) in [6.07, 6.45) is 5.90. The molecule has 3 heteroatoms. The standard InChI is InChI=1S/C11H23NO2/c1-13-7-3-9-14-8-2-4-11(12)10-5-6-10/h10-11H,2-9,12H2,1H3. The zero-order valence-electron chi connectivity index (χ0n) is 9.21. The van der Waals surface area contributed by atoms with E-state index in [2.05, 4.69) is 0 Å². The van der Waals surface area contributed by atoms with Crippen LogP contribution in [0.25, 0.3) is 0 Å². The van der Waals surface area contributed by atoms with Crippen LogP contribution in [0.15, 0.2) is 0 Å². The molecular formula is C11H23NO2.